The molecule has 0 saturated heterocycles. The van der Waals surface area contributed by atoms with Crippen LogP contribution >= 0.6 is 48.9 Å². The standard InChI is InChI=1S/2C8H14N2O2S4.3Zn/c2*11-6(12)5(10-8(15)16)3-1-2-4-9-7(13)14;;;/h2*5H,1-4H2,(H,11,12)(H2,9,13,14)(H2,10,15,16);;;/q;;3*+2/p-6. The molecule has 0 aliphatic rings. The summed E-state index contributed by atoms with van der Waals surface area (Å²) >= 11 is 37.0. The van der Waals surface area contributed by atoms with Crippen molar-refractivity contribution in [3.05, 3.63) is 0 Å². The van der Waals surface area contributed by atoms with E-state index in [9.17, 15) is 19.8 Å². The Kier molecular flexibility index (Phi) is 39.3. The van der Waals surface area contributed by atoms with E-state index in [1.807, 2.05) is 0 Å². The molecule has 184 valence electrons. The van der Waals surface area contributed by atoms with Gasteiger partial charge in [0.25, 0.3) is 0 Å². The second kappa shape index (κ2) is 29.8. The van der Waals surface area contributed by atoms with Crippen LogP contribution in [0.15, 0.2) is 0 Å². The molecule has 0 aromatic rings. The van der Waals surface area contributed by atoms with Gasteiger partial charge in [-0.2, -0.15) is 0 Å². The van der Waals surface area contributed by atoms with E-state index in [0.29, 0.717) is 47.4 Å². The molecule has 2 atom stereocenters. The first-order valence-electron chi connectivity index (χ1n) is 9.13. The minimum Gasteiger partial charge on any atom is -0.548 e. The third kappa shape index (κ3) is 35.3. The molecule has 0 aliphatic carbocycles. The van der Waals surface area contributed by atoms with Crippen molar-refractivity contribution in [2.45, 2.75) is 50.6 Å². The zero-order valence-corrected chi connectivity index (χ0v) is 34.3. The zero-order valence-electron chi connectivity index (χ0n) is 18.8. The van der Waals surface area contributed by atoms with Gasteiger partial charge in [0.15, 0.2) is 0 Å². The van der Waals surface area contributed by atoms with Gasteiger partial charge in [-0.05, 0) is 38.5 Å². The smallest absolute Gasteiger partial charge is 0.548 e. The molecule has 0 saturated carbocycles. The Labute approximate surface area is 288 Å². The van der Waals surface area contributed by atoms with Crippen LogP contribution in [0.1, 0.15) is 38.5 Å². The molecule has 19 heteroatoms. The SMILES string of the molecule is O=C([O-])C(CCCCNC(=S)[S-])NC(=S)[S-].O=C([O-])C(CCCCNC(=S)[S-])NC(=S)[S-].[Zn+2].[Zn+2].[Zn+2]. The molecule has 8 nitrogen and oxygen atoms in total. The molecule has 4 N–H and O–H groups in total. The third-order valence-corrected chi connectivity index (χ3v) is 4.58. The van der Waals surface area contributed by atoms with Crippen LogP contribution in [0, 0.1) is 0 Å². The summed E-state index contributed by atoms with van der Waals surface area (Å²) in [7, 11) is 0. The van der Waals surface area contributed by atoms with Crippen LogP contribution in [-0.4, -0.2) is 54.4 Å². The van der Waals surface area contributed by atoms with Crippen molar-refractivity contribution in [3.8, 4) is 0 Å². The number of carbonyl (C=O) groups is 2. The summed E-state index contributed by atoms with van der Waals surface area (Å²) in [6.45, 7) is 1.28. The van der Waals surface area contributed by atoms with Crippen molar-refractivity contribution < 1.29 is 78.2 Å². The van der Waals surface area contributed by atoms with E-state index in [0.717, 1.165) is 12.8 Å². The molecule has 0 rings (SSSR count). The van der Waals surface area contributed by atoms with Crippen molar-refractivity contribution >= 4 is 129 Å². The van der Waals surface area contributed by atoms with Crippen LogP contribution < -0.4 is 31.5 Å². The maximum atomic E-state index is 10.7. The molecular weight excluding hydrogens is 765 g/mol. The van der Waals surface area contributed by atoms with Gasteiger partial charge in [-0.1, -0.05) is 17.3 Å². The predicted octanol–water partition coefficient (Wildman–Crippen LogP) is -1.77. The van der Waals surface area contributed by atoms with Crippen molar-refractivity contribution in [2.75, 3.05) is 13.1 Å². The quantitative estimate of drug-likeness (QED) is 0.0686. The number of unbranched alkanes of at least 4 members (excludes halogenated alkanes) is 2. The Morgan fingerprint density at radius 2 is 0.886 bits per heavy atom. The van der Waals surface area contributed by atoms with Crippen LogP contribution in [0.25, 0.3) is 0 Å². The molecule has 0 heterocycles. The molecule has 35 heavy (non-hydrogen) atoms. The summed E-state index contributed by atoms with van der Waals surface area (Å²) in [4.78, 5) is 21.3. The van der Waals surface area contributed by atoms with Gasteiger partial charge < -0.3 is 140 Å². The number of hydrogen-bond acceptors (Lipinski definition) is 12. The number of rotatable bonds is 14. The number of aliphatic carboxylic acids is 2. The summed E-state index contributed by atoms with van der Waals surface area (Å²) in [5, 5.41) is 32.0. The number of carboxylic acids is 2. The Morgan fingerprint density at radius 3 is 1.09 bits per heavy atom. The van der Waals surface area contributed by atoms with E-state index in [4.69, 9.17) is 0 Å². The number of nitrogens with one attached hydrogen (secondary N) is 4. The van der Waals surface area contributed by atoms with Gasteiger partial charge in [0.2, 0.25) is 0 Å². The average Bonchev–Trinajstić information content (AvgIpc) is 2.64. The fourth-order valence-electron chi connectivity index (χ4n) is 2.11. The van der Waals surface area contributed by atoms with Crippen LogP contribution in [0.4, 0.5) is 0 Å². The Hall–Kier alpha value is 1.25. The average molecular weight is 787 g/mol. The molecular formula is C16H22N4O4S8Zn3. The van der Waals surface area contributed by atoms with Crippen LogP contribution in [0.3, 0.4) is 0 Å². The minimum atomic E-state index is -1.20. The van der Waals surface area contributed by atoms with E-state index < -0.39 is 24.0 Å². The van der Waals surface area contributed by atoms with Gasteiger partial charge in [0, 0.05) is 13.1 Å². The number of thiocarbonyl (C=S) groups is 4. The van der Waals surface area contributed by atoms with Crippen molar-refractivity contribution in [1.29, 1.82) is 0 Å². The van der Waals surface area contributed by atoms with Crippen molar-refractivity contribution in [2.24, 2.45) is 0 Å². The molecule has 0 amide bonds. The number of carboxylic acid groups (broad SMARTS) is 2. The van der Waals surface area contributed by atoms with Crippen LogP contribution in [0.5, 0.6) is 0 Å². The maximum absolute atomic E-state index is 10.7. The molecule has 2 unspecified atom stereocenters. The van der Waals surface area contributed by atoms with E-state index in [1.165, 1.54) is 0 Å². The third-order valence-electron chi connectivity index (χ3n) is 3.53. The predicted molar refractivity (Wildman–Crippen MR) is 147 cm³/mol. The summed E-state index contributed by atoms with van der Waals surface area (Å²) in [6, 6.07) is -1.64. The van der Waals surface area contributed by atoms with Gasteiger partial charge in [-0.15, -0.1) is 0 Å². The van der Waals surface area contributed by atoms with E-state index in [-0.39, 0.29) is 67.1 Å². The Balaban J connectivity index is -0.000000158. The molecule has 0 radical (unpaired) electrons. The monoisotopic (exact) mass is 782 g/mol. The first-order chi connectivity index (χ1) is 14.9. The van der Waals surface area contributed by atoms with E-state index >= 15 is 0 Å². The maximum Gasteiger partial charge on any atom is 2.00 e. The van der Waals surface area contributed by atoms with E-state index in [1.54, 1.807) is 0 Å². The molecule has 0 aliphatic heterocycles. The van der Waals surface area contributed by atoms with Gasteiger partial charge in [0.1, 0.15) is 0 Å². The van der Waals surface area contributed by atoms with Gasteiger partial charge in [-0.3, -0.25) is 0 Å². The number of hydrogen-bond donors (Lipinski definition) is 4. The fraction of sp³-hybridized carbons (Fsp3) is 0.625. The summed E-state index contributed by atoms with van der Waals surface area (Å²) in [5.41, 5.74) is 0. The first kappa shape index (κ1) is 46.1. The Morgan fingerprint density at radius 1 is 0.600 bits per heavy atom. The second-order valence-corrected chi connectivity index (χ2v) is 10.3. The zero-order chi connectivity index (χ0) is 25.1. The molecule has 0 aromatic carbocycles. The summed E-state index contributed by atoms with van der Waals surface area (Å²) in [5.74, 6) is -2.39. The molecule has 0 spiro atoms. The molecule has 0 aromatic heterocycles. The van der Waals surface area contributed by atoms with Gasteiger partial charge in [0.05, 0.1) is 24.0 Å². The fourth-order valence-corrected chi connectivity index (χ4v) is 3.09. The second-order valence-electron chi connectivity index (χ2n) is 6.03. The Bertz CT molecular complexity index is 614. The van der Waals surface area contributed by atoms with Gasteiger partial charge >= 0.3 is 58.4 Å². The summed E-state index contributed by atoms with van der Waals surface area (Å²) < 4.78 is 0.723. The van der Waals surface area contributed by atoms with Crippen LogP contribution in [0.2, 0.25) is 0 Å². The topological polar surface area (TPSA) is 128 Å². The van der Waals surface area contributed by atoms with E-state index in [2.05, 4.69) is 121 Å². The van der Waals surface area contributed by atoms with Crippen LogP contribution in [-0.2, 0) is 119 Å². The minimum absolute atomic E-state index is 0. The van der Waals surface area contributed by atoms with Gasteiger partial charge in [-0.25, -0.2) is 0 Å². The summed E-state index contributed by atoms with van der Waals surface area (Å²) in [6.07, 6.45) is 3.73. The first-order valence-corrected chi connectivity index (χ1v) is 12.4. The largest absolute Gasteiger partial charge is 2.00 e. The molecule has 0 fully saturated rings. The number of carbonyl (C=O) groups excluding carboxylic acids is 2. The van der Waals surface area contributed by atoms with Crippen molar-refractivity contribution in [3.63, 3.8) is 0 Å². The van der Waals surface area contributed by atoms with Crippen molar-refractivity contribution in [1.82, 2.24) is 21.3 Å². The molecule has 0 bridgehead atoms. The normalized spacial score (nSPS) is 10.5.